The maximum atomic E-state index is 10.5. The summed E-state index contributed by atoms with van der Waals surface area (Å²) in [6.07, 6.45) is 0. The van der Waals surface area contributed by atoms with Crippen LogP contribution in [0.2, 0.25) is 0 Å². The van der Waals surface area contributed by atoms with Crippen molar-refractivity contribution in [1.82, 2.24) is 10.1 Å². The lowest BCUT2D eigenvalue weighted by Crippen LogP contribution is -1.94. The van der Waals surface area contributed by atoms with Crippen LogP contribution in [0, 0.1) is 6.92 Å². The number of carboxylic acid groups (broad SMARTS) is 1. The minimum atomic E-state index is -1.10. The molecule has 2 heterocycles. The normalized spacial score (nSPS) is 10.4. The molecule has 0 atom stereocenters. The molecular weight excluding hydrogens is 204 g/mol. The zero-order valence-corrected chi connectivity index (χ0v) is 8.04. The fourth-order valence-corrected chi connectivity index (χ4v) is 1.58. The molecular formula is C8H6N2O3S. The van der Waals surface area contributed by atoms with Crippen molar-refractivity contribution in [2.24, 2.45) is 0 Å². The third kappa shape index (κ3) is 1.51. The number of aromatic carboxylic acids is 1. The van der Waals surface area contributed by atoms with Crippen LogP contribution in [-0.2, 0) is 0 Å². The zero-order valence-electron chi connectivity index (χ0n) is 7.22. The lowest BCUT2D eigenvalue weighted by molar-refractivity contribution is 0.0686. The SMILES string of the molecule is Cc1nc(-c2cc(C(=O)O)no2)cs1. The Hall–Kier alpha value is -1.69. The summed E-state index contributed by atoms with van der Waals surface area (Å²) in [7, 11) is 0. The van der Waals surface area contributed by atoms with E-state index in [1.165, 1.54) is 17.4 Å². The van der Waals surface area contributed by atoms with E-state index in [1.54, 1.807) is 5.38 Å². The van der Waals surface area contributed by atoms with Gasteiger partial charge in [0.15, 0.2) is 11.5 Å². The topological polar surface area (TPSA) is 76.2 Å². The van der Waals surface area contributed by atoms with Crippen LogP contribution < -0.4 is 0 Å². The molecule has 2 aromatic rings. The lowest BCUT2D eigenvalue weighted by Gasteiger charge is -1.83. The standard InChI is InChI=1S/C8H6N2O3S/c1-4-9-6(3-14-4)7-2-5(8(11)12)10-13-7/h2-3H,1H3,(H,11,12). The smallest absolute Gasteiger partial charge is 0.358 e. The molecule has 0 bridgehead atoms. The van der Waals surface area contributed by atoms with Gasteiger partial charge in [0.05, 0.1) is 5.01 Å². The van der Waals surface area contributed by atoms with Crippen molar-refractivity contribution >= 4 is 17.3 Å². The van der Waals surface area contributed by atoms with Crippen LogP contribution in [-0.4, -0.2) is 21.2 Å². The highest BCUT2D eigenvalue weighted by Crippen LogP contribution is 2.21. The molecule has 1 N–H and O–H groups in total. The Labute approximate surface area is 83.0 Å². The Kier molecular flexibility index (Phi) is 2.05. The Morgan fingerprint density at radius 3 is 2.93 bits per heavy atom. The van der Waals surface area contributed by atoms with E-state index >= 15 is 0 Å². The van der Waals surface area contributed by atoms with E-state index in [2.05, 4.69) is 10.1 Å². The van der Waals surface area contributed by atoms with Crippen molar-refractivity contribution in [1.29, 1.82) is 0 Å². The minimum absolute atomic E-state index is 0.106. The van der Waals surface area contributed by atoms with E-state index in [-0.39, 0.29) is 5.69 Å². The molecule has 0 aliphatic rings. The predicted molar refractivity (Wildman–Crippen MR) is 49.3 cm³/mol. The molecule has 14 heavy (non-hydrogen) atoms. The fraction of sp³-hybridized carbons (Fsp3) is 0.125. The van der Waals surface area contributed by atoms with E-state index in [0.717, 1.165) is 5.01 Å². The first kappa shape index (κ1) is 8.89. The first-order valence-electron chi connectivity index (χ1n) is 3.79. The molecule has 0 radical (unpaired) electrons. The third-order valence-corrected chi connectivity index (χ3v) is 2.37. The van der Waals surface area contributed by atoms with E-state index in [1.807, 2.05) is 6.92 Å². The van der Waals surface area contributed by atoms with Crippen LogP contribution in [0.5, 0.6) is 0 Å². The van der Waals surface area contributed by atoms with Gasteiger partial charge in [-0.3, -0.25) is 0 Å². The van der Waals surface area contributed by atoms with Crippen LogP contribution in [0.4, 0.5) is 0 Å². The fourth-order valence-electron chi connectivity index (χ4n) is 0.973. The first-order chi connectivity index (χ1) is 6.66. The molecule has 0 saturated heterocycles. The number of nitrogens with zero attached hydrogens (tertiary/aromatic N) is 2. The summed E-state index contributed by atoms with van der Waals surface area (Å²) < 4.78 is 4.84. The average molecular weight is 210 g/mol. The molecule has 0 fully saturated rings. The molecule has 0 saturated carbocycles. The van der Waals surface area contributed by atoms with Gasteiger partial charge in [-0.25, -0.2) is 9.78 Å². The summed E-state index contributed by atoms with van der Waals surface area (Å²) in [5.74, 6) is -0.723. The lowest BCUT2D eigenvalue weighted by atomic mass is 10.3. The monoisotopic (exact) mass is 210 g/mol. The summed E-state index contributed by atoms with van der Waals surface area (Å²) in [6.45, 7) is 1.86. The zero-order chi connectivity index (χ0) is 10.1. The number of hydrogen-bond donors (Lipinski definition) is 1. The molecule has 0 spiro atoms. The van der Waals surface area contributed by atoms with Crippen molar-refractivity contribution in [3.8, 4) is 11.5 Å². The molecule has 5 nitrogen and oxygen atoms in total. The second-order valence-corrected chi connectivity index (χ2v) is 3.70. The highest BCUT2D eigenvalue weighted by atomic mass is 32.1. The molecule has 0 aromatic carbocycles. The van der Waals surface area contributed by atoms with Gasteiger partial charge >= 0.3 is 5.97 Å². The van der Waals surface area contributed by atoms with Crippen molar-refractivity contribution in [3.63, 3.8) is 0 Å². The summed E-state index contributed by atoms with van der Waals surface area (Å²) in [6, 6.07) is 1.36. The highest BCUT2D eigenvalue weighted by Gasteiger charge is 2.13. The maximum absolute atomic E-state index is 10.5. The summed E-state index contributed by atoms with van der Waals surface area (Å²) in [4.78, 5) is 14.7. The predicted octanol–water partition coefficient (Wildman–Crippen LogP) is 1.80. The quantitative estimate of drug-likeness (QED) is 0.817. The Morgan fingerprint density at radius 1 is 1.64 bits per heavy atom. The molecule has 0 aliphatic carbocycles. The molecule has 6 heteroatoms. The Bertz CT molecular complexity index is 474. The van der Waals surface area contributed by atoms with Gasteiger partial charge in [0.2, 0.25) is 0 Å². The molecule has 2 rings (SSSR count). The number of rotatable bonds is 2. The van der Waals surface area contributed by atoms with E-state index < -0.39 is 5.97 Å². The number of carboxylic acids is 1. The minimum Gasteiger partial charge on any atom is -0.476 e. The van der Waals surface area contributed by atoms with Gasteiger partial charge in [-0.15, -0.1) is 11.3 Å². The number of aryl methyl sites for hydroxylation is 1. The van der Waals surface area contributed by atoms with Crippen molar-refractivity contribution in [2.75, 3.05) is 0 Å². The number of thiazole rings is 1. The van der Waals surface area contributed by atoms with Crippen LogP contribution in [0.15, 0.2) is 16.0 Å². The van der Waals surface area contributed by atoms with Gasteiger partial charge in [-0.05, 0) is 6.92 Å². The third-order valence-electron chi connectivity index (χ3n) is 1.60. The Morgan fingerprint density at radius 2 is 2.43 bits per heavy atom. The summed E-state index contributed by atoms with van der Waals surface area (Å²) in [5.41, 5.74) is 0.512. The number of aromatic nitrogens is 2. The van der Waals surface area contributed by atoms with E-state index in [9.17, 15) is 4.79 Å². The highest BCUT2D eigenvalue weighted by molar-refractivity contribution is 7.09. The van der Waals surface area contributed by atoms with Gasteiger partial charge in [-0.2, -0.15) is 0 Å². The van der Waals surface area contributed by atoms with Gasteiger partial charge in [0.25, 0.3) is 0 Å². The van der Waals surface area contributed by atoms with Crippen molar-refractivity contribution in [2.45, 2.75) is 6.92 Å². The van der Waals surface area contributed by atoms with Crippen LogP contribution in [0.1, 0.15) is 15.5 Å². The van der Waals surface area contributed by atoms with E-state index in [4.69, 9.17) is 9.63 Å². The second-order valence-electron chi connectivity index (χ2n) is 2.63. The first-order valence-corrected chi connectivity index (χ1v) is 4.67. The van der Waals surface area contributed by atoms with Gasteiger partial charge in [-0.1, -0.05) is 5.16 Å². The molecule has 0 unspecified atom stereocenters. The largest absolute Gasteiger partial charge is 0.476 e. The van der Waals surface area contributed by atoms with Crippen LogP contribution >= 0.6 is 11.3 Å². The molecule has 0 amide bonds. The van der Waals surface area contributed by atoms with Gasteiger partial charge in [0, 0.05) is 11.4 Å². The molecule has 72 valence electrons. The maximum Gasteiger partial charge on any atom is 0.358 e. The summed E-state index contributed by atoms with van der Waals surface area (Å²) in [5, 5.41) is 14.7. The van der Waals surface area contributed by atoms with Crippen LogP contribution in [0.3, 0.4) is 0 Å². The van der Waals surface area contributed by atoms with Gasteiger partial charge in [0.1, 0.15) is 5.69 Å². The summed E-state index contributed by atoms with van der Waals surface area (Å²) >= 11 is 1.47. The molecule has 2 aromatic heterocycles. The second kappa shape index (κ2) is 3.22. The van der Waals surface area contributed by atoms with Crippen LogP contribution in [0.25, 0.3) is 11.5 Å². The van der Waals surface area contributed by atoms with Gasteiger partial charge < -0.3 is 9.63 Å². The average Bonchev–Trinajstić information content (AvgIpc) is 2.70. The Balaban J connectivity index is 2.38. The molecule has 0 aliphatic heterocycles. The number of hydrogen-bond acceptors (Lipinski definition) is 5. The van der Waals surface area contributed by atoms with Crippen molar-refractivity contribution < 1.29 is 14.4 Å². The van der Waals surface area contributed by atoms with Crippen molar-refractivity contribution in [3.05, 3.63) is 22.1 Å². The van der Waals surface area contributed by atoms with E-state index in [0.29, 0.717) is 11.5 Å². The number of carbonyl (C=O) groups is 1.